The van der Waals surface area contributed by atoms with Crippen molar-refractivity contribution in [2.45, 2.75) is 26.2 Å². The van der Waals surface area contributed by atoms with E-state index in [2.05, 4.69) is 5.32 Å². The van der Waals surface area contributed by atoms with E-state index in [1.54, 1.807) is 25.1 Å². The molecule has 1 aromatic rings. The maximum absolute atomic E-state index is 12.5. The molecule has 6 heteroatoms. The van der Waals surface area contributed by atoms with Crippen molar-refractivity contribution in [1.82, 2.24) is 4.90 Å². The number of aliphatic carboxylic acids is 1. The summed E-state index contributed by atoms with van der Waals surface area (Å²) in [6, 6.07) is 5.25. The molecule has 3 rings (SSSR count). The maximum Gasteiger partial charge on any atom is 0.307 e. The summed E-state index contributed by atoms with van der Waals surface area (Å²) in [6.45, 7) is 3.36. The van der Waals surface area contributed by atoms with Gasteiger partial charge in [-0.3, -0.25) is 14.4 Å². The first kappa shape index (κ1) is 15.5. The highest BCUT2D eigenvalue weighted by Gasteiger charge is 2.48. The molecular formula is C17H20N2O4. The molecule has 0 bridgehead atoms. The van der Waals surface area contributed by atoms with Gasteiger partial charge in [0.2, 0.25) is 5.91 Å². The number of nitrogens with one attached hydrogen (secondary N) is 1. The summed E-state index contributed by atoms with van der Waals surface area (Å²) in [6.07, 6.45) is 2.44. The Morgan fingerprint density at radius 2 is 1.87 bits per heavy atom. The van der Waals surface area contributed by atoms with Crippen LogP contribution in [-0.2, 0) is 9.59 Å². The second-order valence-corrected chi connectivity index (χ2v) is 6.25. The van der Waals surface area contributed by atoms with Gasteiger partial charge in [-0.1, -0.05) is 6.07 Å². The molecule has 0 radical (unpaired) electrons. The smallest absolute Gasteiger partial charge is 0.307 e. The summed E-state index contributed by atoms with van der Waals surface area (Å²) in [7, 11) is 0. The molecule has 2 N–H and O–H groups in total. The zero-order valence-corrected chi connectivity index (χ0v) is 13.0. The lowest BCUT2D eigenvalue weighted by molar-refractivity contribution is -0.139. The quantitative estimate of drug-likeness (QED) is 0.888. The van der Waals surface area contributed by atoms with Crippen LogP contribution in [0.25, 0.3) is 0 Å². The first-order valence-electron chi connectivity index (χ1n) is 7.91. The molecule has 2 aliphatic rings. The average Bonchev–Trinajstić information content (AvgIpc) is 3.15. The summed E-state index contributed by atoms with van der Waals surface area (Å²) in [5, 5.41) is 11.7. The molecular weight excluding hydrogens is 296 g/mol. The minimum Gasteiger partial charge on any atom is -0.481 e. The van der Waals surface area contributed by atoms with E-state index < -0.39 is 17.8 Å². The lowest BCUT2D eigenvalue weighted by Crippen LogP contribution is -2.28. The SMILES string of the molecule is Cc1c(NC(=O)C2CC2C(=O)O)cccc1C(=O)N1CCCC1. The molecule has 1 saturated heterocycles. The van der Waals surface area contributed by atoms with Crippen molar-refractivity contribution in [2.75, 3.05) is 18.4 Å². The average molecular weight is 316 g/mol. The largest absolute Gasteiger partial charge is 0.481 e. The van der Waals surface area contributed by atoms with Crippen molar-refractivity contribution >= 4 is 23.5 Å². The van der Waals surface area contributed by atoms with Crippen LogP contribution in [0, 0.1) is 18.8 Å². The molecule has 6 nitrogen and oxygen atoms in total. The Balaban J connectivity index is 1.73. The number of carboxylic acids is 1. The van der Waals surface area contributed by atoms with Crippen molar-refractivity contribution in [1.29, 1.82) is 0 Å². The third-order valence-electron chi connectivity index (χ3n) is 4.66. The maximum atomic E-state index is 12.5. The van der Waals surface area contributed by atoms with Gasteiger partial charge in [-0.05, 0) is 43.9 Å². The van der Waals surface area contributed by atoms with Crippen LogP contribution in [0.5, 0.6) is 0 Å². The van der Waals surface area contributed by atoms with E-state index in [1.165, 1.54) is 0 Å². The van der Waals surface area contributed by atoms with Gasteiger partial charge in [0.05, 0.1) is 11.8 Å². The van der Waals surface area contributed by atoms with Crippen molar-refractivity contribution < 1.29 is 19.5 Å². The fourth-order valence-electron chi connectivity index (χ4n) is 3.08. The topological polar surface area (TPSA) is 86.7 Å². The lowest BCUT2D eigenvalue weighted by atomic mass is 10.1. The number of likely N-dealkylation sites (tertiary alicyclic amines) is 1. The number of nitrogens with zero attached hydrogens (tertiary/aromatic N) is 1. The third kappa shape index (κ3) is 3.06. The van der Waals surface area contributed by atoms with Crippen LogP contribution in [0.3, 0.4) is 0 Å². The van der Waals surface area contributed by atoms with Crippen LogP contribution in [-0.4, -0.2) is 40.9 Å². The summed E-state index contributed by atoms with van der Waals surface area (Å²) in [5.74, 6) is -2.27. The molecule has 0 aromatic heterocycles. The fraction of sp³-hybridized carbons (Fsp3) is 0.471. The number of rotatable bonds is 4. The monoisotopic (exact) mass is 316 g/mol. The molecule has 1 aromatic carbocycles. The summed E-state index contributed by atoms with van der Waals surface area (Å²) in [5.41, 5.74) is 1.90. The van der Waals surface area contributed by atoms with Crippen LogP contribution >= 0.6 is 0 Å². The Morgan fingerprint density at radius 3 is 2.48 bits per heavy atom. The van der Waals surface area contributed by atoms with Crippen LogP contribution < -0.4 is 5.32 Å². The van der Waals surface area contributed by atoms with Gasteiger partial charge < -0.3 is 15.3 Å². The standard InChI is InChI=1S/C17H20N2O4/c1-10-11(16(21)19-7-2-3-8-19)5-4-6-14(10)18-15(20)12-9-13(12)17(22)23/h4-6,12-13H,2-3,7-9H2,1H3,(H,18,20)(H,22,23). The molecule has 1 heterocycles. The predicted octanol–water partition coefficient (Wildman–Crippen LogP) is 1.89. The molecule has 2 atom stereocenters. The third-order valence-corrected chi connectivity index (χ3v) is 4.66. The molecule has 1 aliphatic heterocycles. The Morgan fingerprint density at radius 1 is 1.17 bits per heavy atom. The van der Waals surface area contributed by atoms with E-state index >= 15 is 0 Å². The van der Waals surface area contributed by atoms with Crippen LogP contribution in [0.4, 0.5) is 5.69 Å². The zero-order valence-electron chi connectivity index (χ0n) is 13.0. The van der Waals surface area contributed by atoms with E-state index in [0.29, 0.717) is 17.7 Å². The predicted molar refractivity (Wildman–Crippen MR) is 84.2 cm³/mol. The number of amides is 2. The molecule has 2 unspecified atom stereocenters. The molecule has 23 heavy (non-hydrogen) atoms. The van der Waals surface area contributed by atoms with E-state index in [9.17, 15) is 14.4 Å². The van der Waals surface area contributed by atoms with Crippen LogP contribution in [0.2, 0.25) is 0 Å². The van der Waals surface area contributed by atoms with Crippen molar-refractivity contribution in [3.8, 4) is 0 Å². The van der Waals surface area contributed by atoms with Crippen molar-refractivity contribution in [3.63, 3.8) is 0 Å². The number of carbonyl (C=O) groups is 3. The van der Waals surface area contributed by atoms with E-state index in [4.69, 9.17) is 5.11 Å². The normalized spacial score (nSPS) is 22.7. The molecule has 1 aliphatic carbocycles. The highest BCUT2D eigenvalue weighted by Crippen LogP contribution is 2.39. The Labute approximate surface area is 134 Å². The second-order valence-electron chi connectivity index (χ2n) is 6.25. The summed E-state index contributed by atoms with van der Waals surface area (Å²) >= 11 is 0. The van der Waals surface area contributed by atoms with Gasteiger partial charge in [0.15, 0.2) is 0 Å². The van der Waals surface area contributed by atoms with E-state index in [-0.39, 0.29) is 11.8 Å². The van der Waals surface area contributed by atoms with Crippen molar-refractivity contribution in [3.05, 3.63) is 29.3 Å². The van der Waals surface area contributed by atoms with Crippen LogP contribution in [0.15, 0.2) is 18.2 Å². The highest BCUT2D eigenvalue weighted by molar-refractivity contribution is 6.01. The van der Waals surface area contributed by atoms with Gasteiger partial charge in [-0.15, -0.1) is 0 Å². The Kier molecular flexibility index (Phi) is 4.07. The van der Waals surface area contributed by atoms with Gasteiger partial charge >= 0.3 is 5.97 Å². The molecule has 2 fully saturated rings. The minimum absolute atomic E-state index is 0.00839. The summed E-state index contributed by atoms with van der Waals surface area (Å²) in [4.78, 5) is 37.3. The number of benzene rings is 1. The van der Waals surface area contributed by atoms with Gasteiger partial charge in [-0.2, -0.15) is 0 Å². The molecule has 1 saturated carbocycles. The number of carboxylic acid groups (broad SMARTS) is 1. The fourth-order valence-corrected chi connectivity index (χ4v) is 3.08. The number of hydrogen-bond acceptors (Lipinski definition) is 3. The molecule has 2 amide bonds. The van der Waals surface area contributed by atoms with Crippen molar-refractivity contribution in [2.24, 2.45) is 11.8 Å². The highest BCUT2D eigenvalue weighted by atomic mass is 16.4. The summed E-state index contributed by atoms with van der Waals surface area (Å²) < 4.78 is 0. The first-order valence-corrected chi connectivity index (χ1v) is 7.91. The zero-order chi connectivity index (χ0) is 16.6. The van der Waals surface area contributed by atoms with E-state index in [1.807, 2.05) is 4.90 Å². The van der Waals surface area contributed by atoms with Gasteiger partial charge in [0.25, 0.3) is 5.91 Å². The van der Waals surface area contributed by atoms with Gasteiger partial charge in [0.1, 0.15) is 0 Å². The number of hydrogen-bond donors (Lipinski definition) is 2. The number of anilines is 1. The number of carbonyl (C=O) groups excluding carboxylic acids is 2. The minimum atomic E-state index is -0.931. The lowest BCUT2D eigenvalue weighted by Gasteiger charge is -2.18. The van der Waals surface area contributed by atoms with E-state index in [0.717, 1.165) is 31.5 Å². The molecule has 0 spiro atoms. The Hall–Kier alpha value is -2.37. The second kappa shape index (κ2) is 6.02. The van der Waals surface area contributed by atoms with Gasteiger partial charge in [-0.25, -0.2) is 0 Å². The first-order chi connectivity index (χ1) is 11.0. The van der Waals surface area contributed by atoms with Crippen LogP contribution in [0.1, 0.15) is 35.2 Å². The van der Waals surface area contributed by atoms with Gasteiger partial charge in [0, 0.05) is 24.3 Å². The Bertz CT molecular complexity index is 665. The molecule has 122 valence electrons.